The molecule has 4 heterocycles. The molecule has 0 amide bonds. The molecule has 1 aliphatic heterocycles. The van der Waals surface area contributed by atoms with Gasteiger partial charge in [-0.25, -0.2) is 9.97 Å². The normalized spacial score (nSPS) is 14.4. The van der Waals surface area contributed by atoms with E-state index < -0.39 is 0 Å². The summed E-state index contributed by atoms with van der Waals surface area (Å²) in [5.41, 5.74) is 5.33. The summed E-state index contributed by atoms with van der Waals surface area (Å²) in [6.45, 7) is 4.02. The number of benzene rings is 2. The lowest BCUT2D eigenvalue weighted by Crippen LogP contribution is -2.42. The third kappa shape index (κ3) is 5.32. The van der Waals surface area contributed by atoms with Gasteiger partial charge in [-0.15, -0.1) is 0 Å². The Balaban J connectivity index is 1.12. The van der Waals surface area contributed by atoms with Crippen LogP contribution in [-0.4, -0.2) is 59.0 Å². The largest absolute Gasteiger partial charge is 0.491 e. The van der Waals surface area contributed by atoms with Gasteiger partial charge in [0.2, 0.25) is 0 Å². The number of piperidine rings is 1. The molecule has 0 radical (unpaired) electrons. The molecular weight excluding hydrogens is 476 g/mol. The SMILES string of the molecule is COCCOc1ccc2c(c1)ncn2-c1ccc2cc(N3CCC(NCc4cccnc4)CC3)ccc2n1. The summed E-state index contributed by atoms with van der Waals surface area (Å²) in [7, 11) is 1.67. The van der Waals surface area contributed by atoms with E-state index in [1.54, 1.807) is 7.11 Å². The minimum atomic E-state index is 0.512. The van der Waals surface area contributed by atoms with Gasteiger partial charge in [-0.2, -0.15) is 0 Å². The Morgan fingerprint density at radius 1 is 0.974 bits per heavy atom. The zero-order valence-electron chi connectivity index (χ0n) is 21.6. The number of anilines is 1. The number of pyridine rings is 2. The molecule has 0 saturated carbocycles. The van der Waals surface area contributed by atoms with E-state index in [9.17, 15) is 0 Å². The van der Waals surface area contributed by atoms with Crippen LogP contribution in [0.25, 0.3) is 27.8 Å². The Kier molecular flexibility index (Phi) is 7.15. The number of methoxy groups -OCH3 is 1. The van der Waals surface area contributed by atoms with Gasteiger partial charge in [-0.05, 0) is 66.9 Å². The van der Waals surface area contributed by atoms with Crippen LogP contribution in [0.4, 0.5) is 5.69 Å². The second kappa shape index (κ2) is 11.2. The van der Waals surface area contributed by atoms with Gasteiger partial charge < -0.3 is 19.7 Å². The molecule has 8 nitrogen and oxygen atoms in total. The van der Waals surface area contributed by atoms with Crippen molar-refractivity contribution in [3.05, 3.63) is 84.9 Å². The van der Waals surface area contributed by atoms with Crippen molar-refractivity contribution in [2.75, 3.05) is 38.3 Å². The summed E-state index contributed by atoms with van der Waals surface area (Å²) in [4.78, 5) is 16.2. The smallest absolute Gasteiger partial charge is 0.139 e. The number of imidazole rings is 1. The third-order valence-corrected chi connectivity index (χ3v) is 7.16. The lowest BCUT2D eigenvalue weighted by molar-refractivity contribution is 0.146. The molecule has 1 saturated heterocycles. The molecule has 0 spiro atoms. The molecule has 1 fully saturated rings. The number of hydrogen-bond acceptors (Lipinski definition) is 7. The highest BCUT2D eigenvalue weighted by Gasteiger charge is 2.19. The van der Waals surface area contributed by atoms with E-state index in [1.807, 2.05) is 47.6 Å². The standard InChI is InChI=1S/C30H32N6O2/c1-37-15-16-38-26-6-8-29-28(18-26)33-21-36(29)30-9-4-23-17-25(5-7-27(23)34-30)35-13-10-24(11-14-35)32-20-22-3-2-12-31-19-22/h2-9,12,17-19,21,24,32H,10-11,13-16,20H2,1H3. The number of hydrogen-bond donors (Lipinski definition) is 1. The highest BCUT2D eigenvalue weighted by molar-refractivity contribution is 5.84. The Labute approximate surface area is 222 Å². The first kappa shape index (κ1) is 24.3. The zero-order valence-corrected chi connectivity index (χ0v) is 21.6. The fraction of sp³-hybridized carbons (Fsp3) is 0.300. The monoisotopic (exact) mass is 508 g/mol. The van der Waals surface area contributed by atoms with Crippen LogP contribution >= 0.6 is 0 Å². The number of fused-ring (bicyclic) bond motifs is 2. The van der Waals surface area contributed by atoms with Crippen molar-refractivity contribution in [2.24, 2.45) is 0 Å². The van der Waals surface area contributed by atoms with E-state index in [0.717, 1.165) is 66.0 Å². The average molecular weight is 509 g/mol. The van der Waals surface area contributed by atoms with Crippen molar-refractivity contribution in [2.45, 2.75) is 25.4 Å². The lowest BCUT2D eigenvalue weighted by Gasteiger charge is -2.34. The van der Waals surface area contributed by atoms with E-state index in [-0.39, 0.29) is 0 Å². The number of ether oxygens (including phenoxy) is 2. The number of nitrogens with one attached hydrogen (secondary N) is 1. The van der Waals surface area contributed by atoms with Crippen molar-refractivity contribution >= 4 is 27.6 Å². The van der Waals surface area contributed by atoms with Crippen LogP contribution in [0, 0.1) is 0 Å². The second-order valence-electron chi connectivity index (χ2n) is 9.66. The summed E-state index contributed by atoms with van der Waals surface area (Å²) in [5.74, 6) is 1.63. The number of aromatic nitrogens is 4. The van der Waals surface area contributed by atoms with Crippen molar-refractivity contribution in [1.29, 1.82) is 0 Å². The van der Waals surface area contributed by atoms with Gasteiger partial charge in [0.1, 0.15) is 24.5 Å². The van der Waals surface area contributed by atoms with E-state index in [4.69, 9.17) is 14.5 Å². The molecule has 0 atom stereocenters. The predicted octanol–water partition coefficient (Wildman–Crippen LogP) is 4.75. The number of nitrogens with zero attached hydrogens (tertiary/aromatic N) is 5. The highest BCUT2D eigenvalue weighted by atomic mass is 16.5. The summed E-state index contributed by atoms with van der Waals surface area (Å²) < 4.78 is 12.8. The summed E-state index contributed by atoms with van der Waals surface area (Å²) in [6, 6.07) is 21.4. The molecule has 6 rings (SSSR count). The van der Waals surface area contributed by atoms with Crippen molar-refractivity contribution in [3.8, 4) is 11.6 Å². The van der Waals surface area contributed by atoms with Crippen molar-refractivity contribution < 1.29 is 9.47 Å². The van der Waals surface area contributed by atoms with Crippen LogP contribution in [0.1, 0.15) is 18.4 Å². The van der Waals surface area contributed by atoms with Crippen molar-refractivity contribution in [3.63, 3.8) is 0 Å². The first-order valence-electron chi connectivity index (χ1n) is 13.1. The third-order valence-electron chi connectivity index (χ3n) is 7.16. The van der Waals surface area contributed by atoms with Gasteiger partial charge >= 0.3 is 0 Å². The molecule has 0 bridgehead atoms. The maximum Gasteiger partial charge on any atom is 0.139 e. The van der Waals surface area contributed by atoms with E-state index >= 15 is 0 Å². The van der Waals surface area contributed by atoms with Gasteiger partial charge in [0, 0.05) is 62.3 Å². The summed E-state index contributed by atoms with van der Waals surface area (Å²) in [5, 5.41) is 4.83. The van der Waals surface area contributed by atoms with Gasteiger partial charge in [0.15, 0.2) is 0 Å². The Hall–Kier alpha value is -4.01. The fourth-order valence-corrected chi connectivity index (χ4v) is 5.05. The van der Waals surface area contributed by atoms with Gasteiger partial charge in [0.05, 0.1) is 23.2 Å². The minimum absolute atomic E-state index is 0.512. The van der Waals surface area contributed by atoms with Crippen LogP contribution in [0.15, 0.2) is 79.4 Å². The molecule has 38 heavy (non-hydrogen) atoms. The van der Waals surface area contributed by atoms with Gasteiger partial charge in [-0.3, -0.25) is 9.55 Å². The Morgan fingerprint density at radius 2 is 1.89 bits per heavy atom. The molecule has 5 aromatic rings. The van der Waals surface area contributed by atoms with E-state index in [0.29, 0.717) is 19.3 Å². The van der Waals surface area contributed by atoms with Gasteiger partial charge in [0.25, 0.3) is 0 Å². The molecule has 8 heteroatoms. The van der Waals surface area contributed by atoms with Crippen LogP contribution in [0.2, 0.25) is 0 Å². The number of rotatable bonds is 9. The topological polar surface area (TPSA) is 77.3 Å². The van der Waals surface area contributed by atoms with Crippen LogP contribution in [0.5, 0.6) is 5.75 Å². The quantitative estimate of drug-likeness (QED) is 0.288. The van der Waals surface area contributed by atoms with Crippen LogP contribution in [-0.2, 0) is 11.3 Å². The molecule has 1 N–H and O–H groups in total. The molecule has 2 aromatic carbocycles. The molecule has 3 aromatic heterocycles. The maximum atomic E-state index is 5.72. The fourth-order valence-electron chi connectivity index (χ4n) is 5.05. The first-order valence-corrected chi connectivity index (χ1v) is 13.1. The molecule has 1 aliphatic rings. The highest BCUT2D eigenvalue weighted by Crippen LogP contribution is 2.27. The van der Waals surface area contributed by atoms with Crippen LogP contribution < -0.4 is 15.0 Å². The average Bonchev–Trinajstić information content (AvgIpc) is 3.40. The Morgan fingerprint density at radius 3 is 2.74 bits per heavy atom. The predicted molar refractivity (Wildman–Crippen MR) is 150 cm³/mol. The molecule has 0 unspecified atom stereocenters. The Bertz CT molecular complexity index is 1510. The van der Waals surface area contributed by atoms with E-state index in [1.165, 1.54) is 11.3 Å². The maximum absolute atomic E-state index is 5.72. The zero-order chi connectivity index (χ0) is 25.7. The minimum Gasteiger partial charge on any atom is -0.491 e. The molecule has 0 aliphatic carbocycles. The lowest BCUT2D eigenvalue weighted by atomic mass is 10.0. The molecule has 194 valence electrons. The van der Waals surface area contributed by atoms with Crippen molar-refractivity contribution in [1.82, 2.24) is 24.8 Å². The van der Waals surface area contributed by atoms with Crippen LogP contribution in [0.3, 0.4) is 0 Å². The second-order valence-corrected chi connectivity index (χ2v) is 9.66. The van der Waals surface area contributed by atoms with E-state index in [2.05, 4.69) is 56.6 Å². The molecular formula is C30H32N6O2. The summed E-state index contributed by atoms with van der Waals surface area (Å²) >= 11 is 0. The first-order chi connectivity index (χ1) is 18.8. The summed E-state index contributed by atoms with van der Waals surface area (Å²) in [6.07, 6.45) is 7.82. The van der Waals surface area contributed by atoms with Gasteiger partial charge in [-0.1, -0.05) is 6.07 Å².